The maximum absolute atomic E-state index is 13.0. The van der Waals surface area contributed by atoms with Crippen LogP contribution >= 0.6 is 0 Å². The Morgan fingerprint density at radius 2 is 2.03 bits per heavy atom. The monoisotopic (exact) mass is 442 g/mol. The lowest BCUT2D eigenvalue weighted by molar-refractivity contribution is 0.0945. The van der Waals surface area contributed by atoms with Gasteiger partial charge in [-0.1, -0.05) is 30.3 Å². The minimum Gasteiger partial charge on any atom is -0.385 e. The maximum atomic E-state index is 13.0. The number of rotatable bonds is 7. The van der Waals surface area contributed by atoms with Crippen LogP contribution in [0.5, 0.6) is 0 Å². The van der Waals surface area contributed by atoms with E-state index in [4.69, 9.17) is 4.74 Å². The summed E-state index contributed by atoms with van der Waals surface area (Å²) in [4.78, 5) is 22.3. The molecule has 1 saturated heterocycles. The summed E-state index contributed by atoms with van der Waals surface area (Å²) in [5.74, 6) is 0.626. The fraction of sp³-hybridized carbons (Fsp3) is 0.409. The second-order valence-corrected chi connectivity index (χ2v) is 10.0. The Bertz CT molecular complexity index is 1210. The van der Waals surface area contributed by atoms with Crippen LogP contribution < -0.4 is 5.32 Å². The predicted octanol–water partition coefficient (Wildman–Crippen LogP) is 2.53. The number of sulfone groups is 1. The van der Waals surface area contributed by atoms with Gasteiger partial charge in [0, 0.05) is 25.8 Å². The highest BCUT2D eigenvalue weighted by Gasteiger charge is 2.32. The van der Waals surface area contributed by atoms with E-state index in [9.17, 15) is 13.2 Å². The quantitative estimate of drug-likeness (QED) is 0.564. The normalized spacial score (nSPS) is 17.8. The Balaban J connectivity index is 1.82. The van der Waals surface area contributed by atoms with Gasteiger partial charge in [-0.25, -0.2) is 18.4 Å². The molecule has 1 unspecified atom stereocenters. The van der Waals surface area contributed by atoms with E-state index in [0.717, 1.165) is 11.1 Å². The molecule has 1 fully saturated rings. The van der Waals surface area contributed by atoms with Gasteiger partial charge < -0.3 is 14.6 Å². The first-order valence-corrected chi connectivity index (χ1v) is 12.1. The summed E-state index contributed by atoms with van der Waals surface area (Å²) in [7, 11) is -1.45. The van der Waals surface area contributed by atoms with E-state index in [1.54, 1.807) is 7.11 Å². The van der Waals surface area contributed by atoms with Gasteiger partial charge in [0.2, 0.25) is 0 Å². The van der Waals surface area contributed by atoms with Crippen LogP contribution in [-0.2, 0) is 14.6 Å². The smallest absolute Gasteiger partial charge is 0.272 e. The minimum atomic E-state index is -3.07. The van der Waals surface area contributed by atoms with Gasteiger partial charge in [0.05, 0.1) is 28.8 Å². The summed E-state index contributed by atoms with van der Waals surface area (Å²) in [6.07, 6.45) is 1.23. The molecule has 3 heterocycles. The molecule has 9 heteroatoms. The third-order valence-electron chi connectivity index (χ3n) is 5.52. The SMILES string of the molecule is COCCCNC(=O)c1nc(-c2ccccc2)cc2c1nc(C)n2C1CCS(=O)(=O)C1. The number of carbonyl (C=O) groups is 1. The molecule has 31 heavy (non-hydrogen) atoms. The number of aromatic nitrogens is 3. The summed E-state index contributed by atoms with van der Waals surface area (Å²) in [6, 6.07) is 11.3. The third kappa shape index (κ3) is 4.47. The van der Waals surface area contributed by atoms with Gasteiger partial charge in [0.1, 0.15) is 11.3 Å². The number of nitrogens with one attached hydrogen (secondary N) is 1. The fourth-order valence-electron chi connectivity index (χ4n) is 4.07. The minimum absolute atomic E-state index is 0.0842. The van der Waals surface area contributed by atoms with Crippen molar-refractivity contribution in [3.05, 3.63) is 47.9 Å². The molecule has 1 atom stereocenters. The first-order chi connectivity index (χ1) is 14.9. The Kier molecular flexibility index (Phi) is 6.06. The molecular weight excluding hydrogens is 416 g/mol. The van der Waals surface area contributed by atoms with E-state index >= 15 is 0 Å². The van der Waals surface area contributed by atoms with Crippen LogP contribution in [-0.4, -0.2) is 60.6 Å². The molecule has 0 spiro atoms. The molecule has 0 bridgehead atoms. The van der Waals surface area contributed by atoms with E-state index in [2.05, 4.69) is 15.3 Å². The molecule has 0 saturated carbocycles. The number of hydrogen-bond acceptors (Lipinski definition) is 6. The lowest BCUT2D eigenvalue weighted by Gasteiger charge is -2.15. The number of nitrogens with zero attached hydrogens (tertiary/aromatic N) is 3. The first-order valence-electron chi connectivity index (χ1n) is 10.3. The Morgan fingerprint density at radius 1 is 1.26 bits per heavy atom. The molecule has 2 aromatic heterocycles. The van der Waals surface area contributed by atoms with Crippen molar-refractivity contribution in [2.75, 3.05) is 31.8 Å². The molecule has 3 aromatic rings. The van der Waals surface area contributed by atoms with Gasteiger partial charge in [-0.2, -0.15) is 0 Å². The number of fused-ring (bicyclic) bond motifs is 1. The topological polar surface area (TPSA) is 103 Å². The molecule has 164 valence electrons. The van der Waals surface area contributed by atoms with Crippen molar-refractivity contribution < 1.29 is 17.9 Å². The number of aryl methyl sites for hydroxylation is 1. The number of methoxy groups -OCH3 is 1. The Hall–Kier alpha value is -2.78. The van der Waals surface area contributed by atoms with Crippen molar-refractivity contribution in [1.29, 1.82) is 0 Å². The number of pyridine rings is 1. The highest BCUT2D eigenvalue weighted by atomic mass is 32.2. The number of hydrogen-bond donors (Lipinski definition) is 1. The van der Waals surface area contributed by atoms with Gasteiger partial charge in [-0.15, -0.1) is 0 Å². The molecular formula is C22H26N4O4S. The van der Waals surface area contributed by atoms with E-state index in [0.29, 0.717) is 43.0 Å². The van der Waals surface area contributed by atoms with Gasteiger partial charge in [0.15, 0.2) is 15.5 Å². The van der Waals surface area contributed by atoms with Crippen LogP contribution in [0.3, 0.4) is 0 Å². The van der Waals surface area contributed by atoms with E-state index in [-0.39, 0.29) is 29.1 Å². The van der Waals surface area contributed by atoms with Crippen LogP contribution in [0.1, 0.15) is 35.2 Å². The summed E-state index contributed by atoms with van der Waals surface area (Å²) in [6.45, 7) is 2.86. The standard InChI is InChI=1S/C22H26N4O4S/c1-15-24-20-19(26(15)17-9-12-31(28,29)14-17)13-18(16-7-4-3-5-8-16)25-21(20)22(27)23-10-6-11-30-2/h3-5,7-8,13,17H,6,9-12,14H2,1-2H3,(H,23,27). The largest absolute Gasteiger partial charge is 0.385 e. The molecule has 1 aromatic carbocycles. The van der Waals surface area contributed by atoms with Crippen LogP contribution in [0, 0.1) is 6.92 Å². The lowest BCUT2D eigenvalue weighted by Crippen LogP contribution is -2.26. The van der Waals surface area contributed by atoms with Crippen molar-refractivity contribution in [2.24, 2.45) is 0 Å². The molecule has 1 amide bonds. The third-order valence-corrected chi connectivity index (χ3v) is 7.27. The molecule has 4 rings (SSSR count). The van der Waals surface area contributed by atoms with E-state index in [1.807, 2.05) is 47.9 Å². The zero-order valence-corrected chi connectivity index (χ0v) is 18.5. The zero-order chi connectivity index (χ0) is 22.0. The lowest BCUT2D eigenvalue weighted by atomic mass is 10.1. The predicted molar refractivity (Wildman–Crippen MR) is 119 cm³/mol. The summed E-state index contributed by atoms with van der Waals surface area (Å²) in [5.41, 5.74) is 3.00. The van der Waals surface area contributed by atoms with Crippen molar-refractivity contribution in [1.82, 2.24) is 19.9 Å². The fourth-order valence-corrected chi connectivity index (χ4v) is 5.77. The summed E-state index contributed by atoms with van der Waals surface area (Å²) >= 11 is 0. The van der Waals surface area contributed by atoms with Gasteiger partial charge in [0.25, 0.3) is 5.91 Å². The molecule has 0 aliphatic carbocycles. The van der Waals surface area contributed by atoms with Crippen LogP contribution in [0.2, 0.25) is 0 Å². The molecule has 1 aliphatic heterocycles. The van der Waals surface area contributed by atoms with Crippen molar-refractivity contribution in [3.63, 3.8) is 0 Å². The second kappa shape index (κ2) is 8.76. The molecule has 0 radical (unpaired) electrons. The molecule has 1 aliphatic rings. The van der Waals surface area contributed by atoms with Crippen LogP contribution in [0.4, 0.5) is 0 Å². The van der Waals surface area contributed by atoms with Crippen molar-refractivity contribution in [3.8, 4) is 11.3 Å². The Morgan fingerprint density at radius 3 is 2.71 bits per heavy atom. The molecule has 8 nitrogen and oxygen atoms in total. The molecule has 1 N–H and O–H groups in total. The highest BCUT2D eigenvalue weighted by Crippen LogP contribution is 2.32. The average molecular weight is 443 g/mol. The van der Waals surface area contributed by atoms with Crippen molar-refractivity contribution >= 4 is 26.8 Å². The second-order valence-electron chi connectivity index (χ2n) is 7.78. The number of imidazole rings is 1. The number of carbonyl (C=O) groups excluding carboxylic acids is 1. The number of amides is 1. The van der Waals surface area contributed by atoms with Crippen LogP contribution in [0.15, 0.2) is 36.4 Å². The van der Waals surface area contributed by atoms with Crippen molar-refractivity contribution in [2.45, 2.75) is 25.8 Å². The van der Waals surface area contributed by atoms with E-state index in [1.165, 1.54) is 0 Å². The summed E-state index contributed by atoms with van der Waals surface area (Å²) < 4.78 is 31.2. The first kappa shape index (κ1) is 21.5. The number of ether oxygens (including phenoxy) is 1. The number of benzene rings is 1. The van der Waals surface area contributed by atoms with Crippen LogP contribution in [0.25, 0.3) is 22.3 Å². The average Bonchev–Trinajstić information content (AvgIpc) is 3.28. The van der Waals surface area contributed by atoms with Gasteiger partial charge >= 0.3 is 0 Å². The van der Waals surface area contributed by atoms with E-state index < -0.39 is 9.84 Å². The maximum Gasteiger partial charge on any atom is 0.272 e. The highest BCUT2D eigenvalue weighted by molar-refractivity contribution is 7.91. The van der Waals surface area contributed by atoms with Gasteiger partial charge in [-0.3, -0.25) is 4.79 Å². The summed E-state index contributed by atoms with van der Waals surface area (Å²) in [5, 5.41) is 2.89. The van der Waals surface area contributed by atoms with Gasteiger partial charge in [-0.05, 0) is 25.8 Å². The zero-order valence-electron chi connectivity index (χ0n) is 17.7. The Labute approximate surface area is 181 Å².